The molecule has 2 fully saturated rings. The summed E-state index contributed by atoms with van der Waals surface area (Å²) in [7, 11) is 0. The minimum absolute atomic E-state index is 0.323. The quantitative estimate of drug-likeness (QED) is 0.216. The van der Waals surface area contributed by atoms with Gasteiger partial charge in [-0.3, -0.25) is 0 Å². The smallest absolute Gasteiger partial charge is 0.181 e. The van der Waals surface area contributed by atoms with Crippen LogP contribution in [0.2, 0.25) is 0 Å². The van der Waals surface area contributed by atoms with Crippen LogP contribution in [0.25, 0.3) is 0 Å². The van der Waals surface area contributed by atoms with Crippen LogP contribution in [-0.2, 0) is 14.2 Å². The molecular weight excluding hydrogens is 460 g/mol. The lowest BCUT2D eigenvalue weighted by atomic mass is 9.78. The number of thiocarbonyl (C=S) groups is 2. The molecule has 2 heterocycles. The second-order valence-electron chi connectivity index (χ2n) is 9.39. The normalized spacial score (nSPS) is 40.6. The Morgan fingerprint density at radius 3 is 1.84 bits per heavy atom. The molecule has 12 heteroatoms. The third-order valence-electron chi connectivity index (χ3n) is 5.66. The van der Waals surface area contributed by atoms with Crippen molar-refractivity contribution in [1.82, 2.24) is 10.6 Å². The van der Waals surface area contributed by atoms with E-state index in [-0.39, 0.29) is 0 Å². The first-order valence-corrected chi connectivity index (χ1v) is 11.4. The van der Waals surface area contributed by atoms with E-state index in [4.69, 9.17) is 38.6 Å². The van der Waals surface area contributed by atoms with E-state index < -0.39 is 79.7 Å². The summed E-state index contributed by atoms with van der Waals surface area (Å²) in [4.78, 5) is 0.778. The van der Waals surface area contributed by atoms with Crippen molar-refractivity contribution in [3.63, 3.8) is 0 Å². The van der Waals surface area contributed by atoms with Crippen LogP contribution in [0.3, 0.4) is 0 Å². The molecule has 2 aliphatic rings. The van der Waals surface area contributed by atoms with E-state index in [0.29, 0.717) is 9.98 Å². The van der Waals surface area contributed by atoms with Crippen molar-refractivity contribution in [2.75, 3.05) is 13.2 Å². The summed E-state index contributed by atoms with van der Waals surface area (Å²) < 4.78 is 17.9. The van der Waals surface area contributed by atoms with Crippen LogP contribution < -0.4 is 10.6 Å². The molecule has 0 aromatic rings. The molecule has 2 aliphatic heterocycles. The van der Waals surface area contributed by atoms with E-state index in [1.165, 1.54) is 0 Å². The molecule has 0 amide bonds. The molecule has 7 N–H and O–H groups in total. The van der Waals surface area contributed by atoms with Crippen molar-refractivity contribution in [3.8, 4) is 0 Å². The molecule has 0 bridgehead atoms. The molecule has 186 valence electrons. The summed E-state index contributed by atoms with van der Waals surface area (Å²) >= 11 is 10.3. The maximum Gasteiger partial charge on any atom is 0.181 e. The first-order valence-electron chi connectivity index (χ1n) is 10.6. The van der Waals surface area contributed by atoms with Crippen molar-refractivity contribution in [1.29, 1.82) is 0 Å². The van der Waals surface area contributed by atoms with Crippen LogP contribution in [0.1, 0.15) is 34.6 Å². The summed E-state index contributed by atoms with van der Waals surface area (Å²) in [5, 5.41) is 57.5. The molecule has 0 aromatic carbocycles. The lowest BCUT2D eigenvalue weighted by Gasteiger charge is -2.51. The zero-order valence-electron chi connectivity index (χ0n) is 19.0. The number of rotatable bonds is 6. The van der Waals surface area contributed by atoms with Gasteiger partial charge in [0.25, 0.3) is 0 Å². The molecule has 2 rings (SSSR count). The zero-order chi connectivity index (χ0) is 24.4. The largest absolute Gasteiger partial charge is 0.394 e. The van der Waals surface area contributed by atoms with Gasteiger partial charge in [-0.15, -0.1) is 0 Å². The highest BCUT2D eigenvalue weighted by Crippen LogP contribution is 2.35. The summed E-state index contributed by atoms with van der Waals surface area (Å²) in [6, 6.07) is -1.64. The number of aliphatic hydroxyl groups is 5. The predicted octanol–water partition coefficient (Wildman–Crippen LogP) is -1.41. The number of aliphatic hydroxyl groups excluding tert-OH is 5. The Morgan fingerprint density at radius 1 is 0.844 bits per heavy atom. The highest BCUT2D eigenvalue weighted by Gasteiger charge is 2.53. The fraction of sp³-hybridized carbons (Fsp3) is 0.900. The van der Waals surface area contributed by atoms with E-state index in [9.17, 15) is 25.5 Å². The van der Waals surface area contributed by atoms with E-state index in [2.05, 4.69) is 10.6 Å². The summed E-state index contributed by atoms with van der Waals surface area (Å²) in [6.07, 6.45) is -8.76. The molecule has 2 saturated heterocycles. The third kappa shape index (κ3) is 6.32. The number of hydrogen-bond donors (Lipinski definition) is 7. The van der Waals surface area contributed by atoms with E-state index in [0.717, 1.165) is 0 Å². The van der Waals surface area contributed by atoms with Gasteiger partial charge in [-0.05, 0) is 19.3 Å². The minimum Gasteiger partial charge on any atom is -0.394 e. The standard InChI is InChI=1S/C20H36N2O8S2/c1-8(31)21-12-16(27)17(11(7-24)28-18(12)20(3,4)5)30-19-13(22-9(2)32)15(26)14(25)10(6-23)29-19/h10-19,23-27H,6-7H2,1-5H3,(H,21,31)(H,22,32)/t10?,11?,12-,13?,14-,15-,16?,17+,18?,19+/m1/s1. The molecule has 32 heavy (non-hydrogen) atoms. The van der Waals surface area contributed by atoms with Gasteiger partial charge in [0.1, 0.15) is 42.7 Å². The number of nitrogens with one attached hydrogen (secondary N) is 2. The molecule has 0 aromatic heterocycles. The second kappa shape index (κ2) is 11.3. The van der Waals surface area contributed by atoms with Crippen molar-refractivity contribution in [2.24, 2.45) is 5.41 Å². The lowest BCUT2D eigenvalue weighted by Crippen LogP contribution is -2.70. The Kier molecular flexibility index (Phi) is 9.75. The average molecular weight is 497 g/mol. The molecule has 10 nitrogen and oxygen atoms in total. The van der Waals surface area contributed by atoms with Gasteiger partial charge in [0.05, 0.1) is 35.3 Å². The molecular formula is C20H36N2O8S2. The van der Waals surface area contributed by atoms with Crippen LogP contribution in [-0.4, -0.2) is 110 Å². The van der Waals surface area contributed by atoms with Gasteiger partial charge in [0, 0.05) is 0 Å². The minimum atomic E-state index is -1.38. The average Bonchev–Trinajstić information content (AvgIpc) is 2.68. The number of hydrogen-bond acceptors (Lipinski definition) is 10. The van der Waals surface area contributed by atoms with Crippen molar-refractivity contribution in [3.05, 3.63) is 0 Å². The number of ether oxygens (including phenoxy) is 3. The van der Waals surface area contributed by atoms with Gasteiger partial charge in [-0.1, -0.05) is 45.2 Å². The molecule has 0 radical (unpaired) electrons. The van der Waals surface area contributed by atoms with Gasteiger partial charge in [0.2, 0.25) is 0 Å². The fourth-order valence-electron chi connectivity index (χ4n) is 4.15. The summed E-state index contributed by atoms with van der Waals surface area (Å²) in [6.45, 7) is 8.12. The first kappa shape index (κ1) is 27.7. The van der Waals surface area contributed by atoms with Gasteiger partial charge in [-0.2, -0.15) is 0 Å². The zero-order valence-corrected chi connectivity index (χ0v) is 20.6. The topological polar surface area (TPSA) is 153 Å². The van der Waals surface area contributed by atoms with Gasteiger partial charge < -0.3 is 50.4 Å². The van der Waals surface area contributed by atoms with Crippen LogP contribution >= 0.6 is 24.4 Å². The van der Waals surface area contributed by atoms with Gasteiger partial charge in [0.15, 0.2) is 6.29 Å². The Morgan fingerprint density at radius 2 is 1.38 bits per heavy atom. The van der Waals surface area contributed by atoms with Gasteiger partial charge >= 0.3 is 0 Å². The molecule has 0 aliphatic carbocycles. The Labute approximate surface area is 199 Å². The maximum absolute atomic E-state index is 11.3. The molecule has 0 spiro atoms. The SMILES string of the molecule is CC(=S)NC1[C@H](O[C@H]2C(CO)OC(C(C)(C)C)[C@H](NC(C)=S)C2O)OC(CO)[C@@H](O)[C@@H]1O. The van der Waals surface area contributed by atoms with E-state index in [1.54, 1.807) is 13.8 Å². The lowest BCUT2D eigenvalue weighted by molar-refractivity contribution is -0.317. The van der Waals surface area contributed by atoms with Crippen LogP contribution in [0, 0.1) is 5.41 Å². The third-order valence-corrected chi connectivity index (χ3v) is 5.90. The predicted molar refractivity (Wildman–Crippen MR) is 124 cm³/mol. The van der Waals surface area contributed by atoms with Crippen molar-refractivity contribution < 1.29 is 39.7 Å². The first-order chi connectivity index (χ1) is 14.8. The molecule has 10 atom stereocenters. The highest BCUT2D eigenvalue weighted by atomic mass is 32.1. The van der Waals surface area contributed by atoms with Gasteiger partial charge in [-0.25, -0.2) is 0 Å². The van der Waals surface area contributed by atoms with Crippen LogP contribution in [0.5, 0.6) is 0 Å². The Hall–Kier alpha value is -0.540. The molecule has 0 saturated carbocycles. The van der Waals surface area contributed by atoms with Crippen molar-refractivity contribution >= 4 is 34.4 Å². The fourth-order valence-corrected chi connectivity index (χ4v) is 4.42. The van der Waals surface area contributed by atoms with E-state index >= 15 is 0 Å². The van der Waals surface area contributed by atoms with E-state index in [1.807, 2.05) is 20.8 Å². The maximum atomic E-state index is 11.3. The molecule has 5 unspecified atom stereocenters. The monoisotopic (exact) mass is 496 g/mol. The second-order valence-corrected chi connectivity index (χ2v) is 10.6. The highest BCUT2D eigenvalue weighted by molar-refractivity contribution is 7.80. The summed E-state index contributed by atoms with van der Waals surface area (Å²) in [5.74, 6) is 0. The Bertz CT molecular complexity index is 664. The summed E-state index contributed by atoms with van der Waals surface area (Å²) in [5.41, 5.74) is -0.399. The van der Waals surface area contributed by atoms with Crippen molar-refractivity contribution in [2.45, 2.75) is 95.7 Å². The van der Waals surface area contributed by atoms with Crippen LogP contribution in [0.15, 0.2) is 0 Å². The Balaban J connectivity index is 2.35. The van der Waals surface area contributed by atoms with Crippen LogP contribution in [0.4, 0.5) is 0 Å².